The molecule has 2 rings (SSSR count). The molecule has 1 aliphatic rings. The molecule has 0 aliphatic carbocycles. The van der Waals surface area contributed by atoms with Crippen LogP contribution in [0, 0.1) is 0 Å². The number of anilines is 1. The minimum absolute atomic E-state index is 0.0724. The van der Waals surface area contributed by atoms with Gasteiger partial charge in [0.15, 0.2) is 0 Å². The average Bonchev–Trinajstić information content (AvgIpc) is 2.29. The number of aromatic nitrogens is 1. The third-order valence-electron chi connectivity index (χ3n) is 2.95. The van der Waals surface area contributed by atoms with Crippen LogP contribution in [0.25, 0.3) is 0 Å². The summed E-state index contributed by atoms with van der Waals surface area (Å²) >= 11 is 0. The minimum atomic E-state index is 0.0724. The average molecular weight is 217 g/mol. The second-order valence-electron chi connectivity index (χ2n) is 4.50. The lowest BCUT2D eigenvalue weighted by Crippen LogP contribution is -2.30. The lowest BCUT2D eigenvalue weighted by Gasteiger charge is -2.27. The summed E-state index contributed by atoms with van der Waals surface area (Å²) in [6.45, 7) is 6.20. The zero-order valence-corrected chi connectivity index (χ0v) is 9.98. The topological polar surface area (TPSA) is 42.1 Å². The molecular formula is C13H19N3. The van der Waals surface area contributed by atoms with Crippen LogP contribution in [0.3, 0.4) is 0 Å². The van der Waals surface area contributed by atoms with Gasteiger partial charge in [-0.05, 0) is 38.0 Å². The molecule has 1 aliphatic heterocycles. The van der Waals surface area contributed by atoms with Gasteiger partial charge in [0, 0.05) is 25.3 Å². The van der Waals surface area contributed by atoms with E-state index >= 15 is 0 Å². The summed E-state index contributed by atoms with van der Waals surface area (Å²) in [6, 6.07) is 4.16. The Morgan fingerprint density at radius 2 is 2.31 bits per heavy atom. The van der Waals surface area contributed by atoms with E-state index in [0.29, 0.717) is 0 Å². The maximum absolute atomic E-state index is 5.88. The van der Waals surface area contributed by atoms with E-state index < -0.39 is 0 Å². The van der Waals surface area contributed by atoms with E-state index in [2.05, 4.69) is 29.0 Å². The molecule has 0 saturated heterocycles. The molecule has 0 radical (unpaired) electrons. The van der Waals surface area contributed by atoms with E-state index in [1.807, 2.05) is 19.2 Å². The Bertz CT molecular complexity index is 396. The van der Waals surface area contributed by atoms with Crippen LogP contribution in [-0.2, 0) is 0 Å². The van der Waals surface area contributed by atoms with Crippen molar-refractivity contribution in [1.29, 1.82) is 0 Å². The SMILES string of the molecule is CC1=CCCN(c2cc([C@@H](C)N)ccn2)C1. The van der Waals surface area contributed by atoms with E-state index in [9.17, 15) is 0 Å². The van der Waals surface area contributed by atoms with Crippen molar-refractivity contribution in [3.63, 3.8) is 0 Å². The predicted molar refractivity (Wildman–Crippen MR) is 67.4 cm³/mol. The maximum Gasteiger partial charge on any atom is 0.129 e. The van der Waals surface area contributed by atoms with Crippen LogP contribution in [-0.4, -0.2) is 18.1 Å². The lowest BCUT2D eigenvalue weighted by molar-refractivity contribution is 0.768. The van der Waals surface area contributed by atoms with Crippen molar-refractivity contribution < 1.29 is 0 Å². The Morgan fingerprint density at radius 3 is 3.00 bits per heavy atom. The van der Waals surface area contributed by atoms with Crippen LogP contribution in [0.2, 0.25) is 0 Å². The molecule has 0 saturated carbocycles. The fourth-order valence-electron chi connectivity index (χ4n) is 2.00. The molecule has 0 fully saturated rings. The normalized spacial score (nSPS) is 18.2. The summed E-state index contributed by atoms with van der Waals surface area (Å²) in [5.74, 6) is 1.04. The monoisotopic (exact) mass is 217 g/mol. The summed E-state index contributed by atoms with van der Waals surface area (Å²) in [6.07, 6.45) is 5.25. The van der Waals surface area contributed by atoms with Crippen LogP contribution in [0.4, 0.5) is 5.82 Å². The molecule has 3 heteroatoms. The number of hydrogen-bond acceptors (Lipinski definition) is 3. The number of nitrogens with zero attached hydrogens (tertiary/aromatic N) is 2. The highest BCUT2D eigenvalue weighted by molar-refractivity contribution is 5.44. The molecular weight excluding hydrogens is 198 g/mol. The third kappa shape index (κ3) is 2.42. The van der Waals surface area contributed by atoms with Crippen molar-refractivity contribution in [2.24, 2.45) is 5.73 Å². The van der Waals surface area contributed by atoms with Gasteiger partial charge in [0.2, 0.25) is 0 Å². The van der Waals surface area contributed by atoms with Crippen LogP contribution < -0.4 is 10.6 Å². The van der Waals surface area contributed by atoms with Gasteiger partial charge in [-0.1, -0.05) is 11.6 Å². The Morgan fingerprint density at radius 1 is 1.50 bits per heavy atom. The number of pyridine rings is 1. The second-order valence-corrected chi connectivity index (χ2v) is 4.50. The van der Waals surface area contributed by atoms with Crippen LogP contribution in [0.5, 0.6) is 0 Å². The molecule has 0 aromatic carbocycles. The molecule has 2 N–H and O–H groups in total. The standard InChI is InChI=1S/C13H19N3/c1-10-4-3-7-16(9-10)13-8-12(11(2)14)5-6-15-13/h4-6,8,11H,3,7,9,14H2,1-2H3/t11-/m1/s1. The summed E-state index contributed by atoms with van der Waals surface area (Å²) < 4.78 is 0. The molecule has 0 amide bonds. The van der Waals surface area contributed by atoms with Gasteiger partial charge >= 0.3 is 0 Å². The Kier molecular flexibility index (Phi) is 3.25. The van der Waals surface area contributed by atoms with Crippen LogP contribution in [0.1, 0.15) is 31.9 Å². The zero-order chi connectivity index (χ0) is 11.5. The first-order valence-corrected chi connectivity index (χ1v) is 5.79. The maximum atomic E-state index is 5.88. The Hall–Kier alpha value is -1.35. The van der Waals surface area contributed by atoms with Gasteiger partial charge in [-0.15, -0.1) is 0 Å². The minimum Gasteiger partial charge on any atom is -0.352 e. The van der Waals surface area contributed by atoms with Gasteiger partial charge in [0.1, 0.15) is 5.82 Å². The van der Waals surface area contributed by atoms with E-state index in [1.165, 1.54) is 5.57 Å². The molecule has 2 heterocycles. The van der Waals surface area contributed by atoms with Gasteiger partial charge in [-0.25, -0.2) is 4.98 Å². The van der Waals surface area contributed by atoms with Crippen LogP contribution in [0.15, 0.2) is 30.0 Å². The molecule has 3 nitrogen and oxygen atoms in total. The number of hydrogen-bond donors (Lipinski definition) is 1. The molecule has 0 bridgehead atoms. The predicted octanol–water partition coefficient (Wildman–Crippen LogP) is 2.26. The van der Waals surface area contributed by atoms with Gasteiger partial charge in [0.05, 0.1) is 0 Å². The van der Waals surface area contributed by atoms with Crippen molar-refractivity contribution in [2.45, 2.75) is 26.3 Å². The first-order valence-electron chi connectivity index (χ1n) is 5.79. The van der Waals surface area contributed by atoms with Crippen LogP contribution >= 0.6 is 0 Å². The van der Waals surface area contributed by atoms with Gasteiger partial charge in [-0.3, -0.25) is 0 Å². The van der Waals surface area contributed by atoms with Crippen molar-refractivity contribution in [3.05, 3.63) is 35.5 Å². The largest absolute Gasteiger partial charge is 0.352 e. The van der Waals surface area contributed by atoms with E-state index in [-0.39, 0.29) is 6.04 Å². The lowest BCUT2D eigenvalue weighted by atomic mass is 10.1. The number of rotatable bonds is 2. The summed E-state index contributed by atoms with van der Waals surface area (Å²) in [5, 5.41) is 0. The molecule has 0 spiro atoms. The second kappa shape index (κ2) is 4.66. The quantitative estimate of drug-likeness (QED) is 0.773. The van der Waals surface area contributed by atoms with Gasteiger partial charge in [-0.2, -0.15) is 0 Å². The molecule has 1 aromatic rings. The van der Waals surface area contributed by atoms with E-state index in [4.69, 9.17) is 5.73 Å². The molecule has 1 aromatic heterocycles. The Labute approximate surface area is 97.0 Å². The van der Waals surface area contributed by atoms with E-state index in [1.54, 1.807) is 0 Å². The van der Waals surface area contributed by atoms with Gasteiger partial charge in [0.25, 0.3) is 0 Å². The summed E-state index contributed by atoms with van der Waals surface area (Å²) in [7, 11) is 0. The van der Waals surface area contributed by atoms with Crippen molar-refractivity contribution in [1.82, 2.24) is 4.98 Å². The van der Waals surface area contributed by atoms with Crippen molar-refractivity contribution in [2.75, 3.05) is 18.0 Å². The molecule has 86 valence electrons. The highest BCUT2D eigenvalue weighted by Gasteiger charge is 2.12. The molecule has 1 atom stereocenters. The van der Waals surface area contributed by atoms with Crippen molar-refractivity contribution in [3.8, 4) is 0 Å². The number of nitrogens with two attached hydrogens (primary N) is 1. The third-order valence-corrected chi connectivity index (χ3v) is 2.95. The Balaban J connectivity index is 2.20. The zero-order valence-electron chi connectivity index (χ0n) is 9.98. The van der Waals surface area contributed by atoms with E-state index in [0.717, 1.165) is 30.9 Å². The highest BCUT2D eigenvalue weighted by atomic mass is 15.2. The first-order chi connectivity index (χ1) is 7.66. The summed E-state index contributed by atoms with van der Waals surface area (Å²) in [4.78, 5) is 6.73. The highest BCUT2D eigenvalue weighted by Crippen LogP contribution is 2.20. The fraction of sp³-hybridized carbons (Fsp3) is 0.462. The first kappa shape index (κ1) is 11.1. The smallest absolute Gasteiger partial charge is 0.129 e. The van der Waals surface area contributed by atoms with Gasteiger partial charge < -0.3 is 10.6 Å². The molecule has 16 heavy (non-hydrogen) atoms. The molecule has 0 unspecified atom stereocenters. The van der Waals surface area contributed by atoms with Crippen molar-refractivity contribution >= 4 is 5.82 Å². The summed E-state index contributed by atoms with van der Waals surface area (Å²) in [5.41, 5.74) is 8.45. The fourth-order valence-corrected chi connectivity index (χ4v) is 2.00.